The van der Waals surface area contributed by atoms with Gasteiger partial charge in [-0.05, 0) is 12.1 Å². The number of aromatic nitrogens is 2. The first-order valence-electron chi connectivity index (χ1n) is 5.35. The summed E-state index contributed by atoms with van der Waals surface area (Å²) in [5.74, 6) is 0.463. The van der Waals surface area contributed by atoms with Gasteiger partial charge in [0.2, 0.25) is 5.91 Å². The molecule has 1 aliphatic heterocycles. The van der Waals surface area contributed by atoms with Crippen molar-refractivity contribution in [3.8, 4) is 0 Å². The summed E-state index contributed by atoms with van der Waals surface area (Å²) in [5.41, 5.74) is 0. The lowest BCUT2D eigenvalue weighted by Crippen LogP contribution is -2.46. The van der Waals surface area contributed by atoms with Gasteiger partial charge in [0.15, 0.2) is 5.82 Å². The number of rotatable bonds is 3. The van der Waals surface area contributed by atoms with Gasteiger partial charge in [-0.25, -0.2) is 0 Å². The van der Waals surface area contributed by atoms with Gasteiger partial charge in [0.1, 0.15) is 0 Å². The smallest absolute Gasteiger partial charge is 0.239 e. The first-order chi connectivity index (χ1) is 7.84. The SMILES string of the molecule is O=C(CN1CCNCC1)Nc1cccnn1. The van der Waals surface area contributed by atoms with E-state index in [-0.39, 0.29) is 5.91 Å². The zero-order chi connectivity index (χ0) is 11.2. The number of hydrogen-bond donors (Lipinski definition) is 2. The molecular formula is C10H15N5O. The van der Waals surface area contributed by atoms with Gasteiger partial charge < -0.3 is 10.6 Å². The van der Waals surface area contributed by atoms with Gasteiger partial charge in [0.25, 0.3) is 0 Å². The Hall–Kier alpha value is -1.53. The van der Waals surface area contributed by atoms with Gasteiger partial charge >= 0.3 is 0 Å². The highest BCUT2D eigenvalue weighted by Crippen LogP contribution is 1.99. The summed E-state index contributed by atoms with van der Waals surface area (Å²) in [7, 11) is 0. The Labute approximate surface area is 94.0 Å². The van der Waals surface area contributed by atoms with Crippen LogP contribution in [0.3, 0.4) is 0 Å². The van der Waals surface area contributed by atoms with Crippen molar-refractivity contribution in [3.63, 3.8) is 0 Å². The number of anilines is 1. The summed E-state index contributed by atoms with van der Waals surface area (Å²) in [6.45, 7) is 4.12. The first kappa shape index (κ1) is 11.0. The average Bonchev–Trinajstić information content (AvgIpc) is 2.31. The zero-order valence-electron chi connectivity index (χ0n) is 9.02. The molecule has 0 unspecified atom stereocenters. The summed E-state index contributed by atoms with van der Waals surface area (Å²) in [4.78, 5) is 13.8. The van der Waals surface area contributed by atoms with Crippen molar-refractivity contribution in [1.82, 2.24) is 20.4 Å². The number of amides is 1. The molecule has 1 aliphatic rings. The highest BCUT2D eigenvalue weighted by Gasteiger charge is 2.13. The van der Waals surface area contributed by atoms with E-state index in [1.807, 2.05) is 0 Å². The van der Waals surface area contributed by atoms with Crippen LogP contribution in [0.15, 0.2) is 18.3 Å². The van der Waals surface area contributed by atoms with Crippen LogP contribution in [0.1, 0.15) is 0 Å². The van der Waals surface area contributed by atoms with Gasteiger partial charge in [0, 0.05) is 32.4 Å². The Bertz CT molecular complexity index is 336. The van der Waals surface area contributed by atoms with Crippen LogP contribution in [-0.2, 0) is 4.79 Å². The number of carbonyl (C=O) groups is 1. The van der Waals surface area contributed by atoms with Crippen LogP contribution in [-0.4, -0.2) is 53.7 Å². The summed E-state index contributed by atoms with van der Waals surface area (Å²) in [5, 5.41) is 13.5. The van der Waals surface area contributed by atoms with E-state index in [0.29, 0.717) is 12.4 Å². The van der Waals surface area contributed by atoms with Gasteiger partial charge in [-0.2, -0.15) is 5.10 Å². The quantitative estimate of drug-likeness (QED) is 0.707. The summed E-state index contributed by atoms with van der Waals surface area (Å²) >= 11 is 0. The minimum atomic E-state index is -0.0394. The van der Waals surface area contributed by atoms with Crippen molar-refractivity contribution in [2.75, 3.05) is 38.0 Å². The molecule has 6 heteroatoms. The predicted octanol–water partition coefficient (Wildman–Crippen LogP) is -0.680. The molecule has 0 aliphatic carbocycles. The monoisotopic (exact) mass is 221 g/mol. The lowest BCUT2D eigenvalue weighted by atomic mass is 10.3. The molecule has 0 spiro atoms. The maximum absolute atomic E-state index is 11.6. The molecule has 1 aromatic rings. The number of hydrogen-bond acceptors (Lipinski definition) is 5. The van der Waals surface area contributed by atoms with Crippen LogP contribution in [0.2, 0.25) is 0 Å². The Morgan fingerprint density at radius 2 is 2.31 bits per heavy atom. The lowest BCUT2D eigenvalue weighted by molar-refractivity contribution is -0.117. The second kappa shape index (κ2) is 5.53. The predicted molar refractivity (Wildman–Crippen MR) is 60.0 cm³/mol. The molecule has 0 radical (unpaired) electrons. The minimum Gasteiger partial charge on any atom is -0.314 e. The molecular weight excluding hydrogens is 206 g/mol. The first-order valence-corrected chi connectivity index (χ1v) is 5.35. The number of nitrogens with zero attached hydrogens (tertiary/aromatic N) is 3. The standard InChI is InChI=1S/C10H15N5O/c16-10(8-15-6-4-11-5-7-15)13-9-2-1-3-12-14-9/h1-3,11H,4-8H2,(H,13,14,16). The largest absolute Gasteiger partial charge is 0.314 e. The van der Waals surface area contributed by atoms with E-state index in [1.165, 1.54) is 0 Å². The molecule has 0 saturated carbocycles. The van der Waals surface area contributed by atoms with E-state index in [0.717, 1.165) is 26.2 Å². The molecule has 1 saturated heterocycles. The Morgan fingerprint density at radius 3 is 3.00 bits per heavy atom. The third kappa shape index (κ3) is 3.25. The van der Waals surface area contributed by atoms with Crippen LogP contribution in [0.5, 0.6) is 0 Å². The minimum absolute atomic E-state index is 0.0394. The van der Waals surface area contributed by atoms with Gasteiger partial charge in [0.05, 0.1) is 6.54 Å². The lowest BCUT2D eigenvalue weighted by Gasteiger charge is -2.26. The van der Waals surface area contributed by atoms with Crippen molar-refractivity contribution >= 4 is 11.7 Å². The molecule has 2 N–H and O–H groups in total. The van der Waals surface area contributed by atoms with E-state index < -0.39 is 0 Å². The van der Waals surface area contributed by atoms with Crippen LogP contribution in [0.4, 0.5) is 5.82 Å². The maximum Gasteiger partial charge on any atom is 0.239 e. The molecule has 2 heterocycles. The molecule has 86 valence electrons. The fourth-order valence-electron chi connectivity index (χ4n) is 1.62. The van der Waals surface area contributed by atoms with Crippen LogP contribution in [0, 0.1) is 0 Å². The Morgan fingerprint density at radius 1 is 1.50 bits per heavy atom. The van der Waals surface area contributed by atoms with E-state index in [1.54, 1.807) is 18.3 Å². The van der Waals surface area contributed by atoms with Crippen molar-refractivity contribution < 1.29 is 4.79 Å². The van der Waals surface area contributed by atoms with Crippen molar-refractivity contribution in [2.24, 2.45) is 0 Å². The number of piperazine rings is 1. The summed E-state index contributed by atoms with van der Waals surface area (Å²) < 4.78 is 0. The van der Waals surface area contributed by atoms with Crippen LogP contribution < -0.4 is 10.6 Å². The molecule has 0 bridgehead atoms. The van der Waals surface area contributed by atoms with E-state index in [9.17, 15) is 4.79 Å². The van der Waals surface area contributed by atoms with Crippen molar-refractivity contribution in [2.45, 2.75) is 0 Å². The Kier molecular flexibility index (Phi) is 3.79. The van der Waals surface area contributed by atoms with E-state index in [2.05, 4.69) is 25.7 Å². The van der Waals surface area contributed by atoms with Gasteiger partial charge in [-0.3, -0.25) is 9.69 Å². The normalized spacial score (nSPS) is 17.0. The van der Waals surface area contributed by atoms with E-state index >= 15 is 0 Å². The number of carbonyl (C=O) groups excluding carboxylic acids is 1. The zero-order valence-corrected chi connectivity index (χ0v) is 9.02. The fourth-order valence-corrected chi connectivity index (χ4v) is 1.62. The molecule has 16 heavy (non-hydrogen) atoms. The second-order valence-electron chi connectivity index (χ2n) is 3.68. The molecule has 0 aromatic carbocycles. The molecule has 6 nitrogen and oxygen atoms in total. The van der Waals surface area contributed by atoms with Crippen molar-refractivity contribution in [1.29, 1.82) is 0 Å². The fraction of sp³-hybridized carbons (Fsp3) is 0.500. The molecule has 1 amide bonds. The second-order valence-corrected chi connectivity index (χ2v) is 3.68. The van der Waals surface area contributed by atoms with Crippen LogP contribution in [0.25, 0.3) is 0 Å². The summed E-state index contributed by atoms with van der Waals surface area (Å²) in [6.07, 6.45) is 1.58. The maximum atomic E-state index is 11.6. The molecule has 2 rings (SSSR count). The average molecular weight is 221 g/mol. The topological polar surface area (TPSA) is 70.2 Å². The summed E-state index contributed by atoms with van der Waals surface area (Å²) in [6, 6.07) is 3.47. The molecule has 0 atom stereocenters. The Balaban J connectivity index is 1.80. The van der Waals surface area contributed by atoms with Crippen LogP contribution >= 0.6 is 0 Å². The van der Waals surface area contributed by atoms with Crippen molar-refractivity contribution in [3.05, 3.63) is 18.3 Å². The van der Waals surface area contributed by atoms with E-state index in [4.69, 9.17) is 0 Å². The third-order valence-electron chi connectivity index (χ3n) is 2.42. The highest BCUT2D eigenvalue weighted by molar-refractivity contribution is 5.91. The van der Waals surface area contributed by atoms with Gasteiger partial charge in [-0.1, -0.05) is 0 Å². The molecule has 1 fully saturated rings. The third-order valence-corrected chi connectivity index (χ3v) is 2.42. The number of nitrogens with one attached hydrogen (secondary N) is 2. The van der Waals surface area contributed by atoms with Gasteiger partial charge in [-0.15, -0.1) is 5.10 Å². The highest BCUT2D eigenvalue weighted by atomic mass is 16.2. The molecule has 1 aromatic heterocycles.